The Balaban J connectivity index is 2.72. The molecule has 0 saturated carbocycles. The number of hydrogen-bond donors (Lipinski definition) is 0. The lowest BCUT2D eigenvalue weighted by Gasteiger charge is -2.04. The smallest absolute Gasteiger partial charge is 0.118 e. The van der Waals surface area contributed by atoms with E-state index in [1.165, 1.54) is 0 Å². The van der Waals surface area contributed by atoms with E-state index in [1.807, 2.05) is 6.07 Å². The first kappa shape index (κ1) is 9.99. The summed E-state index contributed by atoms with van der Waals surface area (Å²) >= 11 is 0. The first-order valence-electron chi connectivity index (χ1n) is 4.64. The average molecular weight is 209 g/mol. The Labute approximate surface area is 92.2 Å². The van der Waals surface area contributed by atoms with E-state index >= 15 is 0 Å². The molecule has 16 heavy (non-hydrogen) atoms. The Morgan fingerprint density at radius 3 is 2.69 bits per heavy atom. The number of benzene rings is 1. The van der Waals surface area contributed by atoms with Gasteiger partial charge < -0.3 is 0 Å². The summed E-state index contributed by atoms with van der Waals surface area (Å²) in [7, 11) is 0. The van der Waals surface area contributed by atoms with Crippen LogP contribution in [-0.2, 0) is 0 Å². The number of pyridine rings is 1. The van der Waals surface area contributed by atoms with Crippen LogP contribution in [0.25, 0.3) is 11.3 Å². The average Bonchev–Trinajstić information content (AvgIpc) is 2.38. The minimum absolute atomic E-state index is 0.234. The van der Waals surface area contributed by atoms with Crippen LogP contribution in [0.4, 0.5) is 5.69 Å². The van der Waals surface area contributed by atoms with Gasteiger partial charge in [0.15, 0.2) is 0 Å². The molecule has 1 aromatic heterocycles. The molecule has 0 aliphatic heterocycles. The second-order valence-electron chi connectivity index (χ2n) is 3.12. The van der Waals surface area contributed by atoms with Crippen molar-refractivity contribution in [2.45, 2.75) is 0 Å². The number of hydrogen-bond acceptors (Lipinski definition) is 4. The third kappa shape index (κ3) is 1.66. The molecule has 0 spiro atoms. The highest BCUT2D eigenvalue weighted by Crippen LogP contribution is 2.31. The lowest BCUT2D eigenvalue weighted by Crippen LogP contribution is -1.87. The third-order valence-electron chi connectivity index (χ3n) is 2.18. The van der Waals surface area contributed by atoms with Crippen molar-refractivity contribution in [3.05, 3.63) is 53.1 Å². The molecule has 2 rings (SSSR count). The fourth-order valence-corrected chi connectivity index (χ4v) is 1.49. The summed E-state index contributed by atoms with van der Waals surface area (Å²) in [4.78, 5) is 14.8. The lowest BCUT2D eigenvalue weighted by molar-refractivity contribution is 1.31. The second kappa shape index (κ2) is 4.32. The second-order valence-corrected chi connectivity index (χ2v) is 3.12. The molecule has 0 saturated heterocycles. The fraction of sp³-hybridized carbons (Fsp3) is 0. The van der Waals surface area contributed by atoms with Crippen LogP contribution in [0.1, 0.15) is 5.56 Å². The molecule has 0 aliphatic carbocycles. The van der Waals surface area contributed by atoms with E-state index in [-0.39, 0.29) is 5.69 Å². The zero-order chi connectivity index (χ0) is 11.4. The van der Waals surface area contributed by atoms with E-state index in [2.05, 4.69) is 10.2 Å². The molecule has 0 N–H and O–H groups in total. The molecular weight excluding hydrogens is 202 g/mol. The molecule has 0 fully saturated rings. The summed E-state index contributed by atoms with van der Waals surface area (Å²) in [6.45, 7) is 0. The Hall–Kier alpha value is -2.54. The summed E-state index contributed by atoms with van der Waals surface area (Å²) in [5, 5.41) is 11.9. The number of nitroso groups, excluding NO2 is 1. The van der Waals surface area contributed by atoms with Gasteiger partial charge in [0.25, 0.3) is 0 Å². The van der Waals surface area contributed by atoms with Crippen molar-refractivity contribution in [3.63, 3.8) is 0 Å². The highest BCUT2D eigenvalue weighted by molar-refractivity contribution is 5.78. The number of rotatable bonds is 2. The van der Waals surface area contributed by atoms with Crippen LogP contribution in [0.3, 0.4) is 0 Å². The summed E-state index contributed by atoms with van der Waals surface area (Å²) in [5.74, 6) is 0. The molecule has 1 aromatic carbocycles. The minimum Gasteiger partial charge on any atom is -0.256 e. The van der Waals surface area contributed by atoms with Crippen LogP contribution < -0.4 is 0 Å². The van der Waals surface area contributed by atoms with Crippen molar-refractivity contribution in [2.75, 3.05) is 0 Å². The summed E-state index contributed by atoms with van der Waals surface area (Å²) in [6, 6.07) is 12.2. The van der Waals surface area contributed by atoms with Gasteiger partial charge in [-0.15, -0.1) is 4.91 Å². The molecule has 0 aliphatic rings. The largest absolute Gasteiger partial charge is 0.256 e. The normalized spacial score (nSPS) is 9.44. The Kier molecular flexibility index (Phi) is 2.70. The molecule has 76 valence electrons. The third-order valence-corrected chi connectivity index (χ3v) is 2.18. The van der Waals surface area contributed by atoms with Gasteiger partial charge in [0.1, 0.15) is 5.69 Å². The molecule has 0 bridgehead atoms. The zero-order valence-corrected chi connectivity index (χ0v) is 8.29. The van der Waals surface area contributed by atoms with Crippen molar-refractivity contribution in [1.29, 1.82) is 5.26 Å². The highest BCUT2D eigenvalue weighted by Gasteiger charge is 2.11. The zero-order valence-electron chi connectivity index (χ0n) is 8.29. The van der Waals surface area contributed by atoms with Crippen LogP contribution >= 0.6 is 0 Å². The molecule has 4 heteroatoms. The number of nitrogens with zero attached hydrogens (tertiary/aromatic N) is 3. The van der Waals surface area contributed by atoms with Crippen LogP contribution in [0.5, 0.6) is 0 Å². The molecule has 2 aromatic rings. The van der Waals surface area contributed by atoms with Crippen molar-refractivity contribution < 1.29 is 0 Å². The van der Waals surface area contributed by atoms with Gasteiger partial charge in [-0.2, -0.15) is 5.26 Å². The van der Waals surface area contributed by atoms with E-state index in [4.69, 9.17) is 5.26 Å². The van der Waals surface area contributed by atoms with E-state index in [9.17, 15) is 4.91 Å². The van der Waals surface area contributed by atoms with E-state index < -0.39 is 0 Å². The Morgan fingerprint density at radius 2 is 2.06 bits per heavy atom. The predicted octanol–water partition coefficient (Wildman–Crippen LogP) is 3.02. The van der Waals surface area contributed by atoms with Crippen molar-refractivity contribution >= 4 is 5.69 Å². The maximum Gasteiger partial charge on any atom is 0.118 e. The van der Waals surface area contributed by atoms with Crippen molar-refractivity contribution in [2.24, 2.45) is 5.18 Å². The van der Waals surface area contributed by atoms with Gasteiger partial charge in [-0.05, 0) is 29.4 Å². The van der Waals surface area contributed by atoms with Gasteiger partial charge in [-0.25, -0.2) is 0 Å². The monoisotopic (exact) mass is 209 g/mol. The van der Waals surface area contributed by atoms with Gasteiger partial charge in [-0.1, -0.05) is 12.1 Å². The quantitative estimate of drug-likeness (QED) is 0.714. The van der Waals surface area contributed by atoms with Gasteiger partial charge in [0.05, 0.1) is 17.3 Å². The molecule has 4 nitrogen and oxygen atoms in total. The standard InChI is InChI=1S/C12H7N3O/c13-8-9-4-3-6-11(15-16)12(9)10-5-1-2-7-14-10/h1-7H. The highest BCUT2D eigenvalue weighted by atomic mass is 16.3. The molecule has 0 radical (unpaired) electrons. The lowest BCUT2D eigenvalue weighted by atomic mass is 10.0. The van der Waals surface area contributed by atoms with Crippen LogP contribution in [0, 0.1) is 16.2 Å². The van der Waals surface area contributed by atoms with E-state index in [1.54, 1.807) is 42.6 Å². The van der Waals surface area contributed by atoms with E-state index in [0.717, 1.165) is 0 Å². The van der Waals surface area contributed by atoms with Gasteiger partial charge in [0.2, 0.25) is 0 Å². The molecular formula is C12H7N3O. The van der Waals surface area contributed by atoms with Crippen molar-refractivity contribution in [1.82, 2.24) is 4.98 Å². The van der Waals surface area contributed by atoms with Gasteiger partial charge >= 0.3 is 0 Å². The predicted molar refractivity (Wildman–Crippen MR) is 59.8 cm³/mol. The number of aromatic nitrogens is 1. The maximum absolute atomic E-state index is 10.7. The van der Waals surface area contributed by atoms with Gasteiger partial charge in [0, 0.05) is 11.8 Å². The Morgan fingerprint density at radius 1 is 1.19 bits per heavy atom. The molecule has 0 atom stereocenters. The molecule has 0 amide bonds. The summed E-state index contributed by atoms with van der Waals surface area (Å²) < 4.78 is 0. The van der Waals surface area contributed by atoms with Gasteiger partial charge in [-0.3, -0.25) is 4.98 Å². The SMILES string of the molecule is N#Cc1cccc(N=O)c1-c1ccccn1. The topological polar surface area (TPSA) is 66.1 Å². The van der Waals surface area contributed by atoms with Crippen LogP contribution in [0.15, 0.2) is 47.8 Å². The van der Waals surface area contributed by atoms with Crippen molar-refractivity contribution in [3.8, 4) is 17.3 Å². The fourth-order valence-electron chi connectivity index (χ4n) is 1.49. The summed E-state index contributed by atoms with van der Waals surface area (Å²) in [5.41, 5.74) is 1.70. The maximum atomic E-state index is 10.7. The minimum atomic E-state index is 0.234. The van der Waals surface area contributed by atoms with Crippen LogP contribution in [-0.4, -0.2) is 4.98 Å². The molecule has 1 heterocycles. The number of nitriles is 1. The first-order valence-corrected chi connectivity index (χ1v) is 4.64. The Bertz CT molecular complexity index is 558. The summed E-state index contributed by atoms with van der Waals surface area (Å²) in [6.07, 6.45) is 1.61. The van der Waals surface area contributed by atoms with E-state index in [0.29, 0.717) is 16.8 Å². The molecule has 0 unspecified atom stereocenters. The van der Waals surface area contributed by atoms with Crippen LogP contribution in [0.2, 0.25) is 0 Å². The first-order chi connectivity index (χ1) is 7.86.